The zero-order valence-electron chi connectivity index (χ0n) is 22.3. The van der Waals surface area contributed by atoms with Crippen LogP contribution in [0.1, 0.15) is 65.2 Å². The van der Waals surface area contributed by atoms with Gasteiger partial charge in [0.05, 0.1) is 0 Å². The molecule has 0 amide bonds. The van der Waals surface area contributed by atoms with E-state index in [9.17, 15) is 4.79 Å². The van der Waals surface area contributed by atoms with Crippen LogP contribution in [0.15, 0.2) is 72.3 Å². The molecule has 1 N–H and O–H groups in total. The molecule has 0 saturated carbocycles. The highest BCUT2D eigenvalue weighted by Crippen LogP contribution is 2.44. The lowest BCUT2D eigenvalue weighted by Crippen LogP contribution is -2.12. The summed E-state index contributed by atoms with van der Waals surface area (Å²) < 4.78 is 0. The van der Waals surface area contributed by atoms with Gasteiger partial charge in [-0.2, -0.15) is 0 Å². The van der Waals surface area contributed by atoms with Crippen LogP contribution in [-0.2, 0) is 15.6 Å². The highest BCUT2D eigenvalue weighted by atomic mass is 16.4. The van der Waals surface area contributed by atoms with Crippen molar-refractivity contribution in [3.05, 3.63) is 89.0 Å². The minimum absolute atomic E-state index is 0.0371. The van der Waals surface area contributed by atoms with E-state index in [0.717, 1.165) is 5.56 Å². The second-order valence-corrected chi connectivity index (χ2v) is 12.1. The molecule has 0 fully saturated rings. The molecule has 2 heteroatoms. The molecule has 0 aliphatic carbocycles. The Balaban J connectivity index is 1.94. The average molecular weight is 475 g/mol. The molecule has 2 nitrogen and oxygen atoms in total. The Morgan fingerprint density at radius 2 is 1.28 bits per heavy atom. The summed E-state index contributed by atoms with van der Waals surface area (Å²) in [5, 5.41) is 19.3. The summed E-state index contributed by atoms with van der Waals surface area (Å²) in [4.78, 5) is 11.1. The highest BCUT2D eigenvalue weighted by Gasteiger charge is 2.22. The number of allylic oxidation sites excluding steroid dienone is 2. The Bertz CT molecular complexity index is 1650. The number of carboxylic acid groups (broad SMARTS) is 1. The van der Waals surface area contributed by atoms with E-state index in [1.165, 1.54) is 60.3 Å². The minimum Gasteiger partial charge on any atom is -0.478 e. The van der Waals surface area contributed by atoms with Crippen LogP contribution in [-0.4, -0.2) is 11.1 Å². The lowest BCUT2D eigenvalue weighted by molar-refractivity contribution is -0.131. The van der Waals surface area contributed by atoms with Gasteiger partial charge in [0, 0.05) is 6.08 Å². The molecule has 0 aliphatic rings. The van der Waals surface area contributed by atoms with Crippen LogP contribution in [0.4, 0.5) is 0 Å². The van der Waals surface area contributed by atoms with Gasteiger partial charge in [0.2, 0.25) is 0 Å². The molecule has 36 heavy (non-hydrogen) atoms. The smallest absolute Gasteiger partial charge is 0.328 e. The predicted molar refractivity (Wildman–Crippen MR) is 155 cm³/mol. The largest absolute Gasteiger partial charge is 0.478 e. The molecule has 182 valence electrons. The lowest BCUT2D eigenvalue weighted by Gasteiger charge is -2.25. The molecular formula is C34H34O2. The molecule has 0 aromatic heterocycles. The number of aliphatic carboxylic acids is 1. The SMILES string of the molecule is CC(/C=C/c1ccc2c3cc(C(C)(C)C)cc4cc(C(C)(C)C)cc(c5cccc1c52)c43)=C\C(=O)O. The molecule has 0 heterocycles. The maximum Gasteiger partial charge on any atom is 0.328 e. The van der Waals surface area contributed by atoms with E-state index in [2.05, 4.69) is 96.1 Å². The third-order valence-electron chi connectivity index (χ3n) is 7.31. The molecule has 0 atom stereocenters. The molecule has 5 aromatic carbocycles. The lowest BCUT2D eigenvalue weighted by atomic mass is 9.79. The molecule has 0 saturated heterocycles. The number of rotatable bonds is 3. The minimum atomic E-state index is -0.928. The van der Waals surface area contributed by atoms with Crippen LogP contribution >= 0.6 is 0 Å². The van der Waals surface area contributed by atoms with Crippen molar-refractivity contribution >= 4 is 55.1 Å². The zero-order valence-corrected chi connectivity index (χ0v) is 22.3. The van der Waals surface area contributed by atoms with Crippen LogP contribution < -0.4 is 0 Å². The summed E-state index contributed by atoms with van der Waals surface area (Å²) in [6.07, 6.45) is 5.14. The van der Waals surface area contributed by atoms with Gasteiger partial charge in [-0.15, -0.1) is 0 Å². The second kappa shape index (κ2) is 8.20. The van der Waals surface area contributed by atoms with Gasteiger partial charge in [-0.1, -0.05) is 96.2 Å². The third-order valence-corrected chi connectivity index (χ3v) is 7.31. The first-order chi connectivity index (χ1) is 16.8. The first-order valence-electron chi connectivity index (χ1n) is 12.6. The van der Waals surface area contributed by atoms with Crippen molar-refractivity contribution in [2.45, 2.75) is 59.3 Å². The van der Waals surface area contributed by atoms with Crippen molar-refractivity contribution in [3.8, 4) is 0 Å². The van der Waals surface area contributed by atoms with Crippen LogP contribution in [0, 0.1) is 0 Å². The number of fused-ring (bicyclic) bond motifs is 2. The summed E-state index contributed by atoms with van der Waals surface area (Å²) in [5.41, 5.74) is 4.56. The van der Waals surface area contributed by atoms with Crippen LogP contribution in [0.3, 0.4) is 0 Å². The molecule has 0 unspecified atom stereocenters. The van der Waals surface area contributed by atoms with Crippen molar-refractivity contribution in [1.29, 1.82) is 0 Å². The second-order valence-electron chi connectivity index (χ2n) is 12.1. The number of hydrogen-bond donors (Lipinski definition) is 1. The summed E-state index contributed by atoms with van der Waals surface area (Å²) in [6.45, 7) is 15.5. The van der Waals surface area contributed by atoms with Crippen molar-refractivity contribution < 1.29 is 9.90 Å². The predicted octanol–water partition coefficient (Wildman–Crippen LogP) is 9.38. The van der Waals surface area contributed by atoms with Crippen LogP contribution in [0.2, 0.25) is 0 Å². The maximum absolute atomic E-state index is 11.1. The van der Waals surface area contributed by atoms with E-state index in [-0.39, 0.29) is 10.8 Å². The summed E-state index contributed by atoms with van der Waals surface area (Å²) in [5.74, 6) is -0.928. The molecule has 0 spiro atoms. The number of carboxylic acids is 1. The van der Waals surface area contributed by atoms with E-state index in [1.54, 1.807) is 0 Å². The van der Waals surface area contributed by atoms with Gasteiger partial charge in [0.25, 0.3) is 0 Å². The van der Waals surface area contributed by atoms with Gasteiger partial charge in [0.15, 0.2) is 0 Å². The highest BCUT2D eigenvalue weighted by molar-refractivity contribution is 6.33. The van der Waals surface area contributed by atoms with Gasteiger partial charge in [-0.25, -0.2) is 4.79 Å². The average Bonchev–Trinajstić information content (AvgIpc) is 2.78. The quantitative estimate of drug-likeness (QED) is 0.122. The summed E-state index contributed by atoms with van der Waals surface area (Å²) >= 11 is 0. The standard InChI is InChI=1S/C34H34O2/c1-20(15-30(35)36)11-12-21-13-14-27-29-19-24(34(5,6)7)17-22-16-23(33(2,3)4)18-28(31(22)29)26-10-8-9-25(21)32(26)27/h8-19H,1-7H3,(H,35,36)/b12-11+,20-15+. The topological polar surface area (TPSA) is 37.3 Å². The molecular weight excluding hydrogens is 440 g/mol. The Hall–Kier alpha value is -3.65. The normalized spacial score (nSPS) is 13.7. The third kappa shape index (κ3) is 4.05. The molecule has 0 radical (unpaired) electrons. The Morgan fingerprint density at radius 3 is 1.83 bits per heavy atom. The fraction of sp³-hybridized carbons (Fsp3) is 0.265. The first kappa shape index (κ1) is 24.1. The van der Waals surface area contributed by atoms with E-state index >= 15 is 0 Å². The molecule has 5 rings (SSSR count). The van der Waals surface area contributed by atoms with Crippen LogP contribution in [0.5, 0.6) is 0 Å². The summed E-state index contributed by atoms with van der Waals surface area (Å²) in [6, 6.07) is 20.5. The molecule has 0 aliphatic heterocycles. The van der Waals surface area contributed by atoms with Gasteiger partial charge in [-0.05, 0) is 95.2 Å². The van der Waals surface area contributed by atoms with Gasteiger partial charge in [0.1, 0.15) is 0 Å². The number of carbonyl (C=O) groups is 1. The van der Waals surface area contributed by atoms with Gasteiger partial charge >= 0.3 is 5.97 Å². The van der Waals surface area contributed by atoms with Crippen molar-refractivity contribution in [1.82, 2.24) is 0 Å². The monoisotopic (exact) mass is 474 g/mol. The van der Waals surface area contributed by atoms with E-state index in [0.29, 0.717) is 5.57 Å². The van der Waals surface area contributed by atoms with E-state index in [4.69, 9.17) is 5.11 Å². The van der Waals surface area contributed by atoms with Gasteiger partial charge in [-0.3, -0.25) is 0 Å². The Kier molecular flexibility index (Phi) is 5.48. The first-order valence-corrected chi connectivity index (χ1v) is 12.6. The Labute approximate surface area is 213 Å². The van der Waals surface area contributed by atoms with Crippen molar-refractivity contribution in [3.63, 3.8) is 0 Å². The molecule has 5 aromatic rings. The fourth-order valence-corrected chi connectivity index (χ4v) is 5.29. The molecule has 0 bridgehead atoms. The van der Waals surface area contributed by atoms with Crippen molar-refractivity contribution in [2.24, 2.45) is 0 Å². The van der Waals surface area contributed by atoms with Crippen molar-refractivity contribution in [2.75, 3.05) is 0 Å². The van der Waals surface area contributed by atoms with E-state index < -0.39 is 5.97 Å². The van der Waals surface area contributed by atoms with Gasteiger partial charge < -0.3 is 5.11 Å². The van der Waals surface area contributed by atoms with Crippen LogP contribution in [0.25, 0.3) is 49.2 Å². The number of hydrogen-bond acceptors (Lipinski definition) is 1. The van der Waals surface area contributed by atoms with E-state index in [1.807, 2.05) is 19.1 Å². The fourth-order valence-electron chi connectivity index (χ4n) is 5.29. The Morgan fingerprint density at radius 1 is 0.722 bits per heavy atom. The summed E-state index contributed by atoms with van der Waals surface area (Å²) in [7, 11) is 0. The number of benzene rings is 5. The maximum atomic E-state index is 11.1. The zero-order chi connectivity index (χ0) is 26.0.